The van der Waals surface area contributed by atoms with Crippen molar-refractivity contribution in [3.8, 4) is 22.0 Å². The van der Waals surface area contributed by atoms with Gasteiger partial charge in [0.2, 0.25) is 17.7 Å². The number of nitrogens with zero attached hydrogens (tertiary/aromatic N) is 4. The maximum Gasteiger partial charge on any atom is 0.233 e. The summed E-state index contributed by atoms with van der Waals surface area (Å²) in [5.74, 6) is -0.123. The number of aromatic nitrogens is 3. The Hall–Kier alpha value is -3.33. The number of carbonyl (C=O) groups is 3. The molecule has 3 heterocycles. The topological polar surface area (TPSA) is 97.2 Å². The maximum absolute atomic E-state index is 12.7. The third kappa shape index (κ3) is 4.08. The predicted octanol–water partition coefficient (Wildman–Crippen LogP) is 3.71. The first-order chi connectivity index (χ1) is 16.0. The van der Waals surface area contributed by atoms with Crippen molar-refractivity contribution in [2.24, 2.45) is 18.9 Å². The van der Waals surface area contributed by atoms with E-state index in [9.17, 15) is 14.4 Å². The number of imide groups is 1. The smallest absolute Gasteiger partial charge is 0.233 e. The SMILES string of the molecule is Cn1ccnc1-c1sc(NC(=O)CCN2C(=O)[C@H]3CCCC[C@@H]3C2=O)nc1-c1ccccc1. The highest BCUT2D eigenvalue weighted by atomic mass is 32.1. The molecule has 0 bridgehead atoms. The van der Waals surface area contributed by atoms with Crippen LogP contribution < -0.4 is 5.32 Å². The van der Waals surface area contributed by atoms with Gasteiger partial charge in [0.05, 0.1) is 22.4 Å². The van der Waals surface area contributed by atoms with Gasteiger partial charge in [0, 0.05) is 38.0 Å². The molecule has 8 nitrogen and oxygen atoms in total. The van der Waals surface area contributed by atoms with E-state index in [2.05, 4.69) is 15.3 Å². The third-order valence-corrected chi connectivity index (χ3v) is 7.41. The molecule has 3 aromatic rings. The number of likely N-dealkylation sites (tertiary alicyclic amines) is 1. The lowest BCUT2D eigenvalue weighted by Crippen LogP contribution is -2.34. The van der Waals surface area contributed by atoms with E-state index in [1.807, 2.05) is 48.1 Å². The number of anilines is 1. The minimum Gasteiger partial charge on any atom is -0.333 e. The molecule has 0 unspecified atom stereocenters. The third-order valence-electron chi connectivity index (χ3n) is 6.44. The minimum absolute atomic E-state index is 0.0505. The van der Waals surface area contributed by atoms with E-state index in [4.69, 9.17) is 0 Å². The van der Waals surface area contributed by atoms with Crippen molar-refractivity contribution in [3.63, 3.8) is 0 Å². The lowest BCUT2D eigenvalue weighted by molar-refractivity contribution is -0.140. The molecule has 170 valence electrons. The number of benzene rings is 1. The Morgan fingerprint density at radius 2 is 1.82 bits per heavy atom. The summed E-state index contributed by atoms with van der Waals surface area (Å²) < 4.78 is 1.91. The van der Waals surface area contributed by atoms with Gasteiger partial charge in [-0.15, -0.1) is 0 Å². The van der Waals surface area contributed by atoms with E-state index >= 15 is 0 Å². The van der Waals surface area contributed by atoms with Crippen molar-refractivity contribution in [1.82, 2.24) is 19.4 Å². The minimum atomic E-state index is -0.273. The Kier molecular flexibility index (Phi) is 5.80. The van der Waals surface area contributed by atoms with Gasteiger partial charge in [0.25, 0.3) is 0 Å². The number of aryl methyl sites for hydroxylation is 1. The molecule has 1 saturated heterocycles. The number of nitrogens with one attached hydrogen (secondary N) is 1. The molecule has 1 saturated carbocycles. The van der Waals surface area contributed by atoms with Crippen molar-refractivity contribution < 1.29 is 14.4 Å². The van der Waals surface area contributed by atoms with Crippen LogP contribution in [0.2, 0.25) is 0 Å². The summed E-state index contributed by atoms with van der Waals surface area (Å²) in [6.07, 6.45) is 7.16. The molecular formula is C24H25N5O3S. The van der Waals surface area contributed by atoms with Crippen molar-refractivity contribution in [2.45, 2.75) is 32.1 Å². The number of hydrogen-bond acceptors (Lipinski definition) is 6. The van der Waals surface area contributed by atoms with E-state index in [0.717, 1.165) is 47.6 Å². The molecule has 2 atom stereocenters. The van der Waals surface area contributed by atoms with Crippen molar-refractivity contribution in [1.29, 1.82) is 0 Å². The first-order valence-corrected chi connectivity index (χ1v) is 12.0. The van der Waals surface area contributed by atoms with Crippen LogP contribution in [0.4, 0.5) is 5.13 Å². The van der Waals surface area contributed by atoms with Crippen LogP contribution in [0.25, 0.3) is 22.0 Å². The number of fused-ring (bicyclic) bond motifs is 1. The van der Waals surface area contributed by atoms with Gasteiger partial charge >= 0.3 is 0 Å². The number of rotatable bonds is 6. The number of carbonyl (C=O) groups excluding carboxylic acids is 3. The number of hydrogen-bond donors (Lipinski definition) is 1. The molecule has 1 aromatic carbocycles. The van der Waals surface area contributed by atoms with E-state index in [0.29, 0.717) is 5.13 Å². The quantitative estimate of drug-likeness (QED) is 0.562. The highest BCUT2D eigenvalue weighted by Gasteiger charge is 2.47. The molecular weight excluding hydrogens is 438 g/mol. The van der Waals surface area contributed by atoms with Crippen LogP contribution in [0.3, 0.4) is 0 Å². The van der Waals surface area contributed by atoms with Crippen LogP contribution in [0.5, 0.6) is 0 Å². The lowest BCUT2D eigenvalue weighted by Gasteiger charge is -2.19. The van der Waals surface area contributed by atoms with Gasteiger partial charge in [-0.1, -0.05) is 54.5 Å². The molecule has 1 N–H and O–H groups in total. The molecule has 1 aliphatic heterocycles. The van der Waals surface area contributed by atoms with Crippen LogP contribution in [0.15, 0.2) is 42.7 Å². The lowest BCUT2D eigenvalue weighted by atomic mass is 9.81. The van der Waals surface area contributed by atoms with E-state index in [1.54, 1.807) is 6.20 Å². The fraction of sp³-hybridized carbons (Fsp3) is 0.375. The molecule has 2 aromatic heterocycles. The van der Waals surface area contributed by atoms with E-state index < -0.39 is 0 Å². The Balaban J connectivity index is 1.31. The molecule has 3 amide bonds. The van der Waals surface area contributed by atoms with Gasteiger partial charge in [0.1, 0.15) is 0 Å². The number of thiazole rings is 1. The van der Waals surface area contributed by atoms with E-state index in [-0.39, 0.29) is 42.5 Å². The summed E-state index contributed by atoms with van der Waals surface area (Å²) in [4.78, 5) is 49.2. The van der Waals surface area contributed by atoms with Crippen LogP contribution >= 0.6 is 11.3 Å². The van der Waals surface area contributed by atoms with Crippen molar-refractivity contribution in [2.75, 3.05) is 11.9 Å². The summed E-state index contributed by atoms with van der Waals surface area (Å²) in [7, 11) is 1.91. The second kappa shape index (κ2) is 8.90. The fourth-order valence-electron chi connectivity index (χ4n) is 4.75. The summed E-state index contributed by atoms with van der Waals surface area (Å²) in [6.45, 7) is 0.111. The Bertz CT molecular complexity index is 1180. The van der Waals surface area contributed by atoms with Crippen molar-refractivity contribution >= 4 is 34.2 Å². The highest BCUT2D eigenvalue weighted by Crippen LogP contribution is 2.39. The second-order valence-electron chi connectivity index (χ2n) is 8.55. The average Bonchev–Trinajstić information content (AvgIpc) is 3.50. The zero-order valence-electron chi connectivity index (χ0n) is 18.4. The van der Waals surface area contributed by atoms with Gasteiger partial charge in [-0.25, -0.2) is 9.97 Å². The Morgan fingerprint density at radius 1 is 1.12 bits per heavy atom. The molecule has 9 heteroatoms. The number of imidazole rings is 1. The van der Waals surface area contributed by atoms with Gasteiger partial charge in [-0.05, 0) is 12.8 Å². The highest BCUT2D eigenvalue weighted by molar-refractivity contribution is 7.19. The predicted molar refractivity (Wildman–Crippen MR) is 125 cm³/mol. The normalized spacial score (nSPS) is 20.2. The fourth-order valence-corrected chi connectivity index (χ4v) is 5.79. The van der Waals surface area contributed by atoms with Crippen molar-refractivity contribution in [3.05, 3.63) is 42.7 Å². The Labute approximate surface area is 195 Å². The zero-order valence-corrected chi connectivity index (χ0v) is 19.2. The Morgan fingerprint density at radius 3 is 2.45 bits per heavy atom. The van der Waals surface area contributed by atoms with Crippen LogP contribution in [0, 0.1) is 11.8 Å². The van der Waals surface area contributed by atoms with Gasteiger partial charge in [-0.2, -0.15) is 0 Å². The maximum atomic E-state index is 12.7. The summed E-state index contributed by atoms with van der Waals surface area (Å²) in [5.41, 5.74) is 1.68. The van der Waals surface area contributed by atoms with Crippen LogP contribution in [-0.4, -0.2) is 43.7 Å². The first kappa shape index (κ1) is 21.5. The largest absolute Gasteiger partial charge is 0.333 e. The summed E-state index contributed by atoms with van der Waals surface area (Å²) >= 11 is 1.36. The standard InChI is InChI=1S/C24H25N5O3S/c1-28-14-12-25-21(28)20-19(15-7-3-2-4-8-15)27-24(33-20)26-18(30)11-13-29-22(31)16-9-5-6-10-17(16)23(29)32/h2-4,7-8,12,14,16-17H,5-6,9-11,13H2,1H3,(H,26,27,30)/t16-,17-/m0/s1. The second-order valence-corrected chi connectivity index (χ2v) is 9.55. The number of amides is 3. The summed E-state index contributed by atoms with van der Waals surface area (Å²) in [5, 5.41) is 3.32. The van der Waals surface area contributed by atoms with Gasteiger partial charge in [-0.3, -0.25) is 19.3 Å². The van der Waals surface area contributed by atoms with Gasteiger partial charge in [0.15, 0.2) is 11.0 Å². The van der Waals surface area contributed by atoms with Crippen LogP contribution in [-0.2, 0) is 21.4 Å². The average molecular weight is 464 g/mol. The monoisotopic (exact) mass is 463 g/mol. The molecule has 0 spiro atoms. The molecule has 1 aliphatic carbocycles. The molecule has 33 heavy (non-hydrogen) atoms. The van der Waals surface area contributed by atoms with Crippen LogP contribution in [0.1, 0.15) is 32.1 Å². The molecule has 0 radical (unpaired) electrons. The first-order valence-electron chi connectivity index (χ1n) is 11.2. The van der Waals surface area contributed by atoms with E-state index in [1.165, 1.54) is 16.2 Å². The zero-order chi connectivity index (χ0) is 22.9. The summed E-state index contributed by atoms with van der Waals surface area (Å²) in [6, 6.07) is 9.76. The molecule has 2 fully saturated rings. The molecule has 2 aliphatic rings. The molecule has 5 rings (SSSR count). The van der Waals surface area contributed by atoms with Gasteiger partial charge < -0.3 is 9.88 Å².